The molecule has 150 valence electrons. The van der Waals surface area contributed by atoms with E-state index in [1.54, 1.807) is 0 Å². The van der Waals surface area contributed by atoms with Gasteiger partial charge < -0.3 is 15.0 Å². The highest BCUT2D eigenvalue weighted by molar-refractivity contribution is 14.1. The number of ether oxygens (including phenoxy) is 1. The molecule has 0 aliphatic rings. The van der Waals surface area contributed by atoms with Crippen LogP contribution in [0.5, 0.6) is 0 Å². The minimum Gasteiger partial charge on any atom is -0.461 e. The zero-order valence-electron chi connectivity index (χ0n) is 14.3. The number of nitrogens with zero attached hydrogens (tertiary/aromatic N) is 1. The van der Waals surface area contributed by atoms with Crippen LogP contribution >= 0.6 is 67.8 Å². The third-order valence-electron chi connectivity index (χ3n) is 3.18. The maximum atomic E-state index is 12.5. The summed E-state index contributed by atoms with van der Waals surface area (Å²) < 4.78 is 36.6. The molecule has 1 aromatic carbocycles. The van der Waals surface area contributed by atoms with E-state index in [9.17, 15) is 22.8 Å². The van der Waals surface area contributed by atoms with Crippen molar-refractivity contribution in [2.45, 2.75) is 13.8 Å². The number of hydrogen-bond acceptors (Lipinski definition) is 6. The monoisotopic (exact) mass is 736 g/mol. The number of nitrogens with one attached hydrogen (secondary N) is 1. The lowest BCUT2D eigenvalue weighted by Crippen LogP contribution is -2.27. The van der Waals surface area contributed by atoms with Crippen LogP contribution in [0.3, 0.4) is 0 Å². The van der Waals surface area contributed by atoms with Crippen molar-refractivity contribution in [2.75, 3.05) is 29.6 Å². The molecule has 1 aromatic rings. The average Bonchev–Trinajstić information content (AvgIpc) is 2.49. The van der Waals surface area contributed by atoms with Crippen LogP contribution in [0.15, 0.2) is 0 Å². The van der Waals surface area contributed by atoms with E-state index in [1.807, 2.05) is 67.8 Å². The topological polar surface area (TPSA) is 130 Å². The first kappa shape index (κ1) is 24.8. The van der Waals surface area contributed by atoms with Crippen molar-refractivity contribution >= 4 is 107 Å². The van der Waals surface area contributed by atoms with Crippen LogP contribution in [-0.2, 0) is 24.4 Å². The summed E-state index contributed by atoms with van der Waals surface area (Å²) in [5.74, 6) is -2.23. The highest BCUT2D eigenvalue weighted by atomic mass is 127. The summed E-state index contributed by atoms with van der Waals surface area (Å²) in [6, 6.07) is 0. The molecule has 0 radical (unpaired) electrons. The van der Waals surface area contributed by atoms with Gasteiger partial charge in [0.2, 0.25) is 11.8 Å². The summed E-state index contributed by atoms with van der Waals surface area (Å²) in [6.45, 7) is 2.12. The largest absolute Gasteiger partial charge is 0.461 e. The lowest BCUT2D eigenvalue weighted by atomic mass is 10.1. The van der Waals surface area contributed by atoms with E-state index >= 15 is 0 Å². The number of esters is 1. The van der Waals surface area contributed by atoms with Gasteiger partial charge in [0.15, 0.2) is 0 Å². The zero-order valence-corrected chi connectivity index (χ0v) is 21.6. The third-order valence-corrected chi connectivity index (χ3v) is 7.04. The number of carbonyl (C=O) groups excluding carboxylic acids is 3. The molecule has 0 saturated heterocycles. The summed E-state index contributed by atoms with van der Waals surface area (Å²) >= 11 is 5.73. The first-order valence-corrected chi connectivity index (χ1v) is 12.0. The van der Waals surface area contributed by atoms with E-state index in [2.05, 4.69) is 5.32 Å². The number of anilines is 2. The first-order chi connectivity index (χ1) is 12.3. The van der Waals surface area contributed by atoms with Crippen LogP contribution in [-0.4, -0.2) is 50.2 Å². The second-order valence-corrected chi connectivity index (χ2v) is 10.0. The molecule has 0 fully saturated rings. The lowest BCUT2D eigenvalue weighted by Gasteiger charge is -2.24. The Kier molecular flexibility index (Phi) is 9.14. The van der Waals surface area contributed by atoms with Crippen LogP contribution in [0.4, 0.5) is 11.4 Å². The molecule has 0 bridgehead atoms. The van der Waals surface area contributed by atoms with Gasteiger partial charge in [-0.15, -0.1) is 0 Å². The van der Waals surface area contributed by atoms with Crippen molar-refractivity contribution < 1.29 is 32.1 Å². The highest BCUT2D eigenvalue weighted by Gasteiger charge is 2.28. The summed E-state index contributed by atoms with van der Waals surface area (Å²) in [7, 11) is -2.75. The van der Waals surface area contributed by atoms with Crippen molar-refractivity contribution in [1.82, 2.24) is 0 Å². The molecule has 0 unspecified atom stereocenters. The Labute approximate surface area is 197 Å². The van der Waals surface area contributed by atoms with Gasteiger partial charge in [0.1, 0.15) is 12.4 Å². The summed E-state index contributed by atoms with van der Waals surface area (Å²) in [5.41, 5.74) is 0.836. The first-order valence-electron chi connectivity index (χ1n) is 7.12. The SMILES string of the molecule is CC(=O)Nc1c(I)c(C(=O)OCCS(=O)(=O)O)c(I)c(N(C)C(C)=O)c1I. The molecular weight excluding hydrogens is 721 g/mol. The molecule has 13 heteroatoms. The van der Waals surface area contributed by atoms with Gasteiger partial charge in [-0.05, 0) is 67.8 Å². The molecule has 9 nitrogen and oxygen atoms in total. The van der Waals surface area contributed by atoms with E-state index < -0.39 is 28.4 Å². The molecule has 2 amide bonds. The molecule has 0 aliphatic heterocycles. The fraction of sp³-hybridized carbons (Fsp3) is 0.357. The van der Waals surface area contributed by atoms with Crippen LogP contribution in [0.25, 0.3) is 0 Å². The summed E-state index contributed by atoms with van der Waals surface area (Å²) in [5, 5.41) is 2.64. The van der Waals surface area contributed by atoms with E-state index in [4.69, 9.17) is 9.29 Å². The molecule has 0 spiro atoms. The fourth-order valence-corrected chi connectivity index (χ4v) is 6.77. The molecule has 0 atom stereocenters. The summed E-state index contributed by atoms with van der Waals surface area (Å²) in [6.07, 6.45) is 0. The highest BCUT2D eigenvalue weighted by Crippen LogP contribution is 2.40. The Morgan fingerprint density at radius 1 is 1.11 bits per heavy atom. The molecule has 2 N–H and O–H groups in total. The Morgan fingerprint density at radius 3 is 2.11 bits per heavy atom. The minimum absolute atomic E-state index is 0.0822. The van der Waals surface area contributed by atoms with Gasteiger partial charge in [-0.25, -0.2) is 4.79 Å². The number of benzene rings is 1. The van der Waals surface area contributed by atoms with E-state index in [0.29, 0.717) is 22.1 Å². The Morgan fingerprint density at radius 2 is 1.67 bits per heavy atom. The smallest absolute Gasteiger partial charge is 0.340 e. The average molecular weight is 736 g/mol. The van der Waals surface area contributed by atoms with Gasteiger partial charge in [0.25, 0.3) is 10.1 Å². The number of halogens is 3. The lowest BCUT2D eigenvalue weighted by molar-refractivity contribution is -0.116. The van der Waals surface area contributed by atoms with E-state index in [1.165, 1.54) is 25.8 Å². The van der Waals surface area contributed by atoms with Crippen molar-refractivity contribution in [1.29, 1.82) is 0 Å². The maximum Gasteiger partial charge on any atom is 0.340 e. The minimum atomic E-state index is -4.28. The predicted molar refractivity (Wildman–Crippen MR) is 125 cm³/mol. The van der Waals surface area contributed by atoms with E-state index in [0.717, 1.165) is 0 Å². The van der Waals surface area contributed by atoms with Gasteiger partial charge >= 0.3 is 5.97 Å². The van der Waals surface area contributed by atoms with Gasteiger partial charge in [0.05, 0.1) is 27.6 Å². The predicted octanol–water partition coefficient (Wildman–Crippen LogP) is 2.49. The van der Waals surface area contributed by atoms with E-state index in [-0.39, 0.29) is 17.4 Å². The third kappa shape index (κ3) is 6.64. The van der Waals surface area contributed by atoms with Crippen molar-refractivity contribution in [3.05, 3.63) is 16.3 Å². The zero-order chi connectivity index (χ0) is 21.1. The quantitative estimate of drug-likeness (QED) is 0.261. The molecule has 0 heterocycles. The Hall–Kier alpha value is -0.270. The molecular formula is C14H15I3N2O7S. The van der Waals surface area contributed by atoms with Crippen molar-refractivity contribution in [2.24, 2.45) is 0 Å². The van der Waals surface area contributed by atoms with Gasteiger partial charge in [-0.2, -0.15) is 8.42 Å². The van der Waals surface area contributed by atoms with Crippen LogP contribution in [0.2, 0.25) is 0 Å². The molecule has 27 heavy (non-hydrogen) atoms. The molecule has 0 aromatic heterocycles. The summed E-state index contributed by atoms with van der Waals surface area (Å²) in [4.78, 5) is 37.3. The number of amides is 2. The fourth-order valence-electron chi connectivity index (χ4n) is 1.88. The maximum absolute atomic E-state index is 12.5. The molecule has 0 saturated carbocycles. The van der Waals surface area contributed by atoms with Gasteiger partial charge in [-0.3, -0.25) is 14.1 Å². The second-order valence-electron chi connectivity index (χ2n) is 5.22. The van der Waals surface area contributed by atoms with Crippen LogP contribution in [0.1, 0.15) is 24.2 Å². The molecule has 1 rings (SSSR count). The van der Waals surface area contributed by atoms with Crippen LogP contribution in [0, 0.1) is 10.7 Å². The normalized spacial score (nSPS) is 11.1. The number of carbonyl (C=O) groups is 3. The second kappa shape index (κ2) is 9.97. The Balaban J connectivity index is 3.53. The van der Waals surface area contributed by atoms with Crippen molar-refractivity contribution in [3.8, 4) is 0 Å². The van der Waals surface area contributed by atoms with Gasteiger partial charge in [0, 0.05) is 20.9 Å². The Bertz CT molecular complexity index is 903. The molecule has 0 aliphatic carbocycles. The number of rotatable bonds is 6. The van der Waals surface area contributed by atoms with Crippen molar-refractivity contribution in [3.63, 3.8) is 0 Å². The van der Waals surface area contributed by atoms with Gasteiger partial charge in [-0.1, -0.05) is 0 Å². The number of hydrogen-bond donors (Lipinski definition) is 2. The van der Waals surface area contributed by atoms with Crippen LogP contribution < -0.4 is 10.2 Å². The standard InChI is InChI=1S/C14H15I3N2O7S/c1-6(20)18-12-9(15)8(14(22)26-4-5-27(23,24)25)10(16)13(11(12)17)19(3)7(2)21/h4-5H2,1-3H3,(H,18,20)(H,23,24,25).